The quantitative estimate of drug-likeness (QED) is 0.392. The highest BCUT2D eigenvalue weighted by atomic mass is 35.5. The Hall–Kier alpha value is -2.78. The van der Waals surface area contributed by atoms with Crippen molar-refractivity contribution in [2.45, 2.75) is 18.9 Å². The molecule has 2 aromatic carbocycles. The molecule has 2 aliphatic rings. The second-order valence-corrected chi connectivity index (χ2v) is 6.07. The van der Waals surface area contributed by atoms with Gasteiger partial charge in [-0.3, -0.25) is 9.59 Å². The van der Waals surface area contributed by atoms with Gasteiger partial charge in [0.25, 0.3) is 0 Å². The van der Waals surface area contributed by atoms with Gasteiger partial charge in [-0.05, 0) is 41.8 Å². The molecule has 1 atom stereocenters. The van der Waals surface area contributed by atoms with Crippen molar-refractivity contribution in [3.05, 3.63) is 69.8 Å². The van der Waals surface area contributed by atoms with Gasteiger partial charge < -0.3 is 10.9 Å². The maximum atomic E-state index is 12.7. The summed E-state index contributed by atoms with van der Waals surface area (Å²) in [6.07, 6.45) is 0.341. The third-order valence-corrected chi connectivity index (χ3v) is 4.32. The van der Waals surface area contributed by atoms with E-state index in [-0.39, 0.29) is 41.4 Å². The summed E-state index contributed by atoms with van der Waals surface area (Å²) < 4.78 is 50.9. The highest BCUT2D eigenvalue weighted by Crippen LogP contribution is 2.24. The Labute approximate surface area is 162 Å². The molecule has 4 rings (SSSR count). The van der Waals surface area contributed by atoms with E-state index in [4.69, 9.17) is 10.9 Å². The minimum Gasteiger partial charge on any atom is -0.411 e. The number of hydrogen-bond acceptors (Lipinski definition) is 5. The molecule has 0 heterocycles. The van der Waals surface area contributed by atoms with Crippen molar-refractivity contribution >= 4 is 29.7 Å². The maximum absolute atomic E-state index is 12.7. The normalized spacial score (nSPS) is 18.3. The van der Waals surface area contributed by atoms with Crippen molar-refractivity contribution in [2.24, 2.45) is 10.9 Å². The van der Waals surface area contributed by atoms with Gasteiger partial charge in [0.15, 0.2) is 29.1 Å². The molecule has 0 amide bonds. The standard InChI is InChI=1S/C9H5F2NO2.C9H7F2NO.ClH/c10-6-1-4-2-8(12-14)9(13)5(4)3-7(6)11;10-6-1-4-2-8(12)9(13)5(4)3-7(6)11;/h1,3,14H,2H2;1,3,8H,2,12H2;1H/b12-8-;;. The molecule has 0 bridgehead atoms. The molecule has 148 valence electrons. The van der Waals surface area contributed by atoms with Crippen LogP contribution in [0.25, 0.3) is 0 Å². The SMILES string of the molecule is Cl.NC1Cc2cc(F)c(F)cc2C1=O.O=C1/C(=N\O)Cc2cc(F)c(F)cc21. The molecular weight excluding hydrogens is 404 g/mol. The number of carbonyl (C=O) groups excluding carboxylic acids is 2. The Kier molecular flexibility index (Phi) is 6.20. The highest BCUT2D eigenvalue weighted by molar-refractivity contribution is 6.49. The molecule has 2 aliphatic carbocycles. The zero-order valence-electron chi connectivity index (χ0n) is 14.0. The molecule has 0 radical (unpaired) electrons. The Balaban J connectivity index is 0.000000194. The highest BCUT2D eigenvalue weighted by Gasteiger charge is 2.29. The molecule has 0 aromatic heterocycles. The summed E-state index contributed by atoms with van der Waals surface area (Å²) in [5.41, 5.74) is 6.47. The molecule has 5 nitrogen and oxygen atoms in total. The van der Waals surface area contributed by atoms with Crippen LogP contribution in [0.1, 0.15) is 31.8 Å². The summed E-state index contributed by atoms with van der Waals surface area (Å²) >= 11 is 0. The third kappa shape index (κ3) is 3.76. The molecule has 28 heavy (non-hydrogen) atoms. The van der Waals surface area contributed by atoms with Crippen LogP contribution in [0.15, 0.2) is 29.4 Å². The van der Waals surface area contributed by atoms with E-state index in [1.807, 2.05) is 0 Å². The average Bonchev–Trinajstić information content (AvgIpc) is 3.07. The largest absolute Gasteiger partial charge is 0.411 e. The van der Waals surface area contributed by atoms with Crippen LogP contribution < -0.4 is 5.73 Å². The predicted octanol–water partition coefficient (Wildman–Crippen LogP) is 2.99. The van der Waals surface area contributed by atoms with Gasteiger partial charge in [0.1, 0.15) is 5.71 Å². The van der Waals surface area contributed by atoms with Crippen LogP contribution in [-0.2, 0) is 12.8 Å². The summed E-state index contributed by atoms with van der Waals surface area (Å²) in [5.74, 6) is -4.87. The maximum Gasteiger partial charge on any atom is 0.211 e. The van der Waals surface area contributed by atoms with Crippen LogP contribution in [0.4, 0.5) is 17.6 Å². The lowest BCUT2D eigenvalue weighted by atomic mass is 10.1. The first kappa shape index (κ1) is 21.5. The third-order valence-electron chi connectivity index (χ3n) is 4.32. The minimum atomic E-state index is -1.07. The minimum absolute atomic E-state index is 0. The van der Waals surface area contributed by atoms with Crippen molar-refractivity contribution in [3.8, 4) is 0 Å². The summed E-state index contributed by atoms with van der Waals surface area (Å²) in [4.78, 5) is 22.6. The van der Waals surface area contributed by atoms with Crippen LogP contribution in [0.5, 0.6) is 0 Å². The molecule has 0 spiro atoms. The number of fused-ring (bicyclic) bond motifs is 2. The van der Waals surface area contributed by atoms with E-state index in [1.165, 1.54) is 0 Å². The van der Waals surface area contributed by atoms with Crippen LogP contribution in [0, 0.1) is 23.3 Å². The monoisotopic (exact) mass is 416 g/mol. The fourth-order valence-electron chi connectivity index (χ4n) is 2.96. The number of oxime groups is 1. The fraction of sp³-hybridized carbons (Fsp3) is 0.167. The van der Waals surface area contributed by atoms with Gasteiger partial charge >= 0.3 is 0 Å². The Bertz CT molecular complexity index is 1010. The van der Waals surface area contributed by atoms with Crippen molar-refractivity contribution < 1.29 is 32.4 Å². The lowest BCUT2D eigenvalue weighted by Crippen LogP contribution is -2.26. The number of nitrogens with zero attached hydrogens (tertiary/aromatic N) is 1. The molecule has 3 N–H and O–H groups in total. The summed E-state index contributed by atoms with van der Waals surface area (Å²) in [7, 11) is 0. The summed E-state index contributed by atoms with van der Waals surface area (Å²) in [6, 6.07) is 3.08. The Morgan fingerprint density at radius 2 is 1.39 bits per heavy atom. The van der Waals surface area contributed by atoms with Crippen molar-refractivity contribution in [1.29, 1.82) is 0 Å². The van der Waals surface area contributed by atoms with E-state index in [2.05, 4.69) is 5.16 Å². The topological polar surface area (TPSA) is 92.8 Å². The number of nitrogens with two attached hydrogens (primary N) is 1. The molecular formula is C18H13ClF4N2O3. The van der Waals surface area contributed by atoms with Crippen LogP contribution >= 0.6 is 12.4 Å². The fourth-order valence-corrected chi connectivity index (χ4v) is 2.96. The van der Waals surface area contributed by atoms with E-state index in [9.17, 15) is 27.2 Å². The molecule has 0 saturated heterocycles. The summed E-state index contributed by atoms with van der Waals surface area (Å²) in [6.45, 7) is 0. The number of carbonyl (C=O) groups is 2. The number of ketones is 2. The molecule has 1 unspecified atom stereocenters. The molecule has 0 saturated carbocycles. The van der Waals surface area contributed by atoms with E-state index in [0.717, 1.165) is 24.3 Å². The Morgan fingerprint density at radius 3 is 1.96 bits per heavy atom. The number of Topliss-reactive ketones (excluding diaryl/α,β-unsaturated/α-hetero) is 2. The lowest BCUT2D eigenvalue weighted by Gasteiger charge is -1.97. The van der Waals surface area contributed by atoms with Gasteiger partial charge in [-0.25, -0.2) is 17.6 Å². The molecule has 10 heteroatoms. The number of hydrogen-bond donors (Lipinski definition) is 2. The number of halogens is 5. The second kappa shape index (κ2) is 8.07. The van der Waals surface area contributed by atoms with Gasteiger partial charge in [0, 0.05) is 17.5 Å². The van der Waals surface area contributed by atoms with E-state index in [1.54, 1.807) is 0 Å². The van der Waals surface area contributed by atoms with Crippen LogP contribution in [-0.4, -0.2) is 28.5 Å². The lowest BCUT2D eigenvalue weighted by molar-refractivity contribution is 0.0973. The van der Waals surface area contributed by atoms with Crippen molar-refractivity contribution in [2.75, 3.05) is 0 Å². The van der Waals surface area contributed by atoms with E-state index in [0.29, 0.717) is 17.5 Å². The second-order valence-electron chi connectivity index (χ2n) is 6.07. The molecule has 0 fully saturated rings. The first-order valence-electron chi connectivity index (χ1n) is 7.74. The van der Waals surface area contributed by atoms with Gasteiger partial charge in [-0.1, -0.05) is 5.16 Å². The van der Waals surface area contributed by atoms with Gasteiger partial charge in [-0.15, -0.1) is 12.4 Å². The van der Waals surface area contributed by atoms with Gasteiger partial charge in [0.05, 0.1) is 6.04 Å². The molecule has 2 aromatic rings. The van der Waals surface area contributed by atoms with E-state index >= 15 is 0 Å². The van der Waals surface area contributed by atoms with Crippen LogP contribution in [0.2, 0.25) is 0 Å². The zero-order valence-corrected chi connectivity index (χ0v) is 14.8. The van der Waals surface area contributed by atoms with E-state index < -0.39 is 35.1 Å². The molecule has 0 aliphatic heterocycles. The Morgan fingerprint density at radius 1 is 0.893 bits per heavy atom. The average molecular weight is 417 g/mol. The number of benzene rings is 2. The predicted molar refractivity (Wildman–Crippen MR) is 93.2 cm³/mol. The zero-order chi connectivity index (χ0) is 19.9. The van der Waals surface area contributed by atoms with Crippen molar-refractivity contribution in [3.63, 3.8) is 0 Å². The number of rotatable bonds is 0. The first-order chi connectivity index (χ1) is 12.7. The van der Waals surface area contributed by atoms with Crippen LogP contribution in [0.3, 0.4) is 0 Å². The van der Waals surface area contributed by atoms with Crippen molar-refractivity contribution in [1.82, 2.24) is 0 Å². The first-order valence-corrected chi connectivity index (χ1v) is 7.74. The smallest absolute Gasteiger partial charge is 0.211 e. The van der Waals surface area contributed by atoms with Gasteiger partial charge in [-0.2, -0.15) is 0 Å². The summed E-state index contributed by atoms with van der Waals surface area (Å²) in [5, 5.41) is 11.2. The van der Waals surface area contributed by atoms with Gasteiger partial charge in [0.2, 0.25) is 5.78 Å².